The Kier molecular flexibility index (Phi) is 6.19. The van der Waals surface area contributed by atoms with Gasteiger partial charge in [0, 0.05) is 11.1 Å². The molecule has 4 aliphatic rings. The first-order valence-electron chi connectivity index (χ1n) is 9.01. The molecule has 5 heteroatoms. The summed E-state index contributed by atoms with van der Waals surface area (Å²) in [7, 11) is -0.200. The van der Waals surface area contributed by atoms with Gasteiger partial charge in [0.25, 0.3) is 0 Å². The Bertz CT molecular complexity index is 809. The summed E-state index contributed by atoms with van der Waals surface area (Å²) in [6.07, 6.45) is 4.64. The van der Waals surface area contributed by atoms with Gasteiger partial charge in [-0.05, 0) is 24.0 Å². The lowest BCUT2D eigenvalue weighted by Crippen LogP contribution is -2.10. The maximum Gasteiger partial charge on any atom is 0.234 e. The average molecular weight is 363 g/mol. The minimum atomic E-state index is -0.200. The van der Waals surface area contributed by atoms with Crippen LogP contribution in [0.1, 0.15) is 37.8 Å². The van der Waals surface area contributed by atoms with Crippen molar-refractivity contribution in [3.05, 3.63) is 59.7 Å². The van der Waals surface area contributed by atoms with E-state index in [2.05, 4.69) is 53.1 Å². The number of aryl methyl sites for hydroxylation is 2. The van der Waals surface area contributed by atoms with Crippen molar-refractivity contribution >= 4 is 14.0 Å². The molecule has 0 aliphatic carbocycles. The number of unbranched alkanes of at least 4 members (excludes halogenated alkanes) is 1. The smallest absolute Gasteiger partial charge is 0.234 e. The predicted molar refractivity (Wildman–Crippen MR) is 106 cm³/mol. The number of hydrogen-bond acceptors (Lipinski definition) is 4. The molecule has 132 valence electrons. The van der Waals surface area contributed by atoms with E-state index in [1.54, 1.807) is 0 Å². The van der Waals surface area contributed by atoms with E-state index in [0.717, 1.165) is 24.0 Å². The number of nitrogens with zero attached hydrogens (tertiary/aromatic N) is 3. The summed E-state index contributed by atoms with van der Waals surface area (Å²) >= 11 is 0. The second-order valence-electron chi connectivity index (χ2n) is 6.27. The Hall–Kier alpha value is -2.45. The van der Waals surface area contributed by atoms with Crippen LogP contribution >= 0.6 is 8.46 Å². The first-order valence-corrected chi connectivity index (χ1v) is 9.82. The summed E-state index contributed by atoms with van der Waals surface area (Å²) in [6.45, 7) is 4.36. The molecule has 7 rings (SSSR count). The first-order chi connectivity index (χ1) is 12.7. The average Bonchev–Trinajstić information content (AvgIpc) is 2.74. The zero-order valence-corrected chi connectivity index (χ0v) is 16.0. The lowest BCUT2D eigenvalue weighted by Gasteiger charge is -2.05. The SMILES string of the molecule is CCCC.O=Pc1nc2nc(n1)-c1ccc(cc1)CCc1ccc-2cc1. The van der Waals surface area contributed by atoms with Gasteiger partial charge in [-0.15, -0.1) is 0 Å². The lowest BCUT2D eigenvalue weighted by molar-refractivity contribution is 0.602. The van der Waals surface area contributed by atoms with E-state index >= 15 is 0 Å². The highest BCUT2D eigenvalue weighted by molar-refractivity contribution is 7.33. The molecule has 0 amide bonds. The molecular weight excluding hydrogens is 341 g/mol. The van der Waals surface area contributed by atoms with Crippen LogP contribution in [-0.4, -0.2) is 15.0 Å². The molecule has 3 aromatic rings. The van der Waals surface area contributed by atoms with Gasteiger partial charge in [-0.3, -0.25) is 4.57 Å². The molecule has 6 bridgehead atoms. The Labute approximate surface area is 156 Å². The van der Waals surface area contributed by atoms with Crippen molar-refractivity contribution in [2.45, 2.75) is 39.5 Å². The Morgan fingerprint density at radius 1 is 0.731 bits per heavy atom. The Morgan fingerprint density at radius 3 is 1.50 bits per heavy atom. The van der Waals surface area contributed by atoms with Crippen LogP contribution in [0.15, 0.2) is 48.5 Å². The monoisotopic (exact) mass is 363 g/mol. The van der Waals surface area contributed by atoms with Gasteiger partial charge in [-0.2, -0.15) is 0 Å². The second-order valence-corrected chi connectivity index (χ2v) is 6.85. The molecule has 4 aliphatic heterocycles. The minimum absolute atomic E-state index is 0.200. The predicted octanol–water partition coefficient (Wildman–Crippen LogP) is 5.03. The van der Waals surface area contributed by atoms with Crippen LogP contribution in [0.2, 0.25) is 0 Å². The van der Waals surface area contributed by atoms with E-state index < -0.39 is 0 Å². The van der Waals surface area contributed by atoms with Crippen molar-refractivity contribution in [1.82, 2.24) is 15.0 Å². The molecule has 0 N–H and O–H groups in total. The van der Waals surface area contributed by atoms with Crippen LogP contribution in [0, 0.1) is 0 Å². The Balaban J connectivity index is 0.000000447. The maximum atomic E-state index is 11.2. The van der Waals surface area contributed by atoms with Crippen molar-refractivity contribution in [3.8, 4) is 22.8 Å². The van der Waals surface area contributed by atoms with Crippen LogP contribution in [0.5, 0.6) is 0 Å². The number of rotatable bonds is 2. The van der Waals surface area contributed by atoms with Crippen molar-refractivity contribution in [1.29, 1.82) is 0 Å². The molecular formula is C21H22N3OP. The molecule has 0 atom stereocenters. The molecule has 0 unspecified atom stereocenters. The number of hydrogen-bond donors (Lipinski definition) is 0. The summed E-state index contributed by atoms with van der Waals surface area (Å²) in [5, 5.41) is 0. The molecule has 4 nitrogen and oxygen atoms in total. The van der Waals surface area contributed by atoms with Crippen LogP contribution < -0.4 is 5.57 Å². The van der Waals surface area contributed by atoms with E-state index in [0.29, 0.717) is 11.6 Å². The molecule has 2 aromatic carbocycles. The standard InChI is InChI=1S/C17H12N3OP.C4H10/c21-22-17-19-15-13-7-3-11(4-8-13)1-2-12-5-9-14(10-6-12)16(18-15)20-17;1-3-4-2/h3-10H,1-2H2;3-4H2,1-2H3. The molecule has 1 aromatic heterocycles. The summed E-state index contributed by atoms with van der Waals surface area (Å²) in [6, 6.07) is 16.4. The molecule has 5 heterocycles. The fourth-order valence-corrected chi connectivity index (χ4v) is 2.86. The molecule has 0 saturated heterocycles. The molecule has 0 saturated carbocycles. The molecule has 0 spiro atoms. The Morgan fingerprint density at radius 2 is 1.15 bits per heavy atom. The maximum absolute atomic E-state index is 11.2. The van der Waals surface area contributed by atoms with E-state index in [4.69, 9.17) is 0 Å². The van der Waals surface area contributed by atoms with E-state index in [-0.39, 0.29) is 14.0 Å². The fourth-order valence-electron chi connectivity index (χ4n) is 2.59. The summed E-state index contributed by atoms with van der Waals surface area (Å²) in [5.74, 6) is 1.11. The van der Waals surface area contributed by atoms with Crippen LogP contribution in [0.4, 0.5) is 0 Å². The minimum Gasteiger partial charge on any atom is -0.266 e. The highest BCUT2D eigenvalue weighted by Crippen LogP contribution is 2.22. The van der Waals surface area contributed by atoms with Crippen molar-refractivity contribution in [2.75, 3.05) is 0 Å². The highest BCUT2D eigenvalue weighted by Gasteiger charge is 2.11. The lowest BCUT2D eigenvalue weighted by atomic mass is 10.0. The number of aromatic nitrogens is 3. The van der Waals surface area contributed by atoms with Gasteiger partial charge in [-0.1, -0.05) is 75.2 Å². The van der Waals surface area contributed by atoms with Gasteiger partial charge >= 0.3 is 0 Å². The van der Waals surface area contributed by atoms with Crippen LogP contribution in [-0.2, 0) is 17.4 Å². The van der Waals surface area contributed by atoms with E-state index in [1.807, 2.05) is 24.3 Å². The van der Waals surface area contributed by atoms with Gasteiger partial charge in [0.05, 0.1) is 0 Å². The van der Waals surface area contributed by atoms with Crippen molar-refractivity contribution in [3.63, 3.8) is 0 Å². The van der Waals surface area contributed by atoms with Gasteiger partial charge in [0.2, 0.25) is 14.0 Å². The van der Waals surface area contributed by atoms with E-state index in [1.165, 1.54) is 24.0 Å². The van der Waals surface area contributed by atoms with Gasteiger partial charge in [0.1, 0.15) is 0 Å². The van der Waals surface area contributed by atoms with E-state index in [9.17, 15) is 4.57 Å². The van der Waals surface area contributed by atoms with Gasteiger partial charge < -0.3 is 0 Å². The zero-order chi connectivity index (χ0) is 18.4. The van der Waals surface area contributed by atoms with Crippen LogP contribution in [0.3, 0.4) is 0 Å². The third-order valence-corrected chi connectivity index (χ3v) is 4.70. The van der Waals surface area contributed by atoms with Gasteiger partial charge in [-0.25, -0.2) is 15.0 Å². The summed E-state index contributed by atoms with van der Waals surface area (Å²) < 4.78 is 11.2. The topological polar surface area (TPSA) is 55.7 Å². The second kappa shape index (κ2) is 8.77. The number of benzene rings is 2. The van der Waals surface area contributed by atoms with Crippen molar-refractivity contribution < 1.29 is 4.57 Å². The zero-order valence-electron chi connectivity index (χ0n) is 15.1. The van der Waals surface area contributed by atoms with Gasteiger partial charge in [0.15, 0.2) is 11.6 Å². The summed E-state index contributed by atoms with van der Waals surface area (Å²) in [4.78, 5) is 13.1. The largest absolute Gasteiger partial charge is 0.266 e. The first kappa shape index (κ1) is 18.3. The third-order valence-electron chi connectivity index (χ3n) is 4.33. The summed E-state index contributed by atoms with van der Waals surface area (Å²) in [5.41, 5.74) is 4.63. The molecule has 0 fully saturated rings. The fraction of sp³-hybridized carbons (Fsp3) is 0.286. The quantitative estimate of drug-likeness (QED) is 0.600. The van der Waals surface area contributed by atoms with Crippen LogP contribution in [0.25, 0.3) is 22.8 Å². The van der Waals surface area contributed by atoms with Crippen molar-refractivity contribution in [2.24, 2.45) is 0 Å². The normalized spacial score (nSPS) is 11.9. The third kappa shape index (κ3) is 4.39. The molecule has 26 heavy (non-hydrogen) atoms. The molecule has 0 radical (unpaired) electrons. The highest BCUT2D eigenvalue weighted by atomic mass is 31.1.